The van der Waals surface area contributed by atoms with Crippen LogP contribution < -0.4 is 21.3 Å². The van der Waals surface area contributed by atoms with Gasteiger partial charge in [-0.1, -0.05) is 24.3 Å². The molecule has 2 saturated heterocycles. The van der Waals surface area contributed by atoms with Gasteiger partial charge in [0.2, 0.25) is 0 Å². The number of carbonyl (C=O) groups excluding carboxylic acids is 4. The Balaban J connectivity index is 0.779. The summed E-state index contributed by atoms with van der Waals surface area (Å²) in [7, 11) is 0. The van der Waals surface area contributed by atoms with E-state index in [0.29, 0.717) is 68.6 Å². The first-order valence-electron chi connectivity index (χ1n) is 22.1. The van der Waals surface area contributed by atoms with Crippen LogP contribution in [0.25, 0.3) is 20.9 Å². The molecular weight excluding hydrogens is 963 g/mol. The van der Waals surface area contributed by atoms with Gasteiger partial charge in [0.15, 0.2) is 29.1 Å². The predicted molar refractivity (Wildman–Crippen MR) is 251 cm³/mol. The van der Waals surface area contributed by atoms with Gasteiger partial charge in [-0.05, 0) is 93.2 Å². The van der Waals surface area contributed by atoms with E-state index in [1.165, 1.54) is 22.7 Å². The summed E-state index contributed by atoms with van der Waals surface area (Å²) < 4.78 is 93.1. The molecule has 8 rings (SSSR count). The molecule has 4 amide bonds. The van der Waals surface area contributed by atoms with Crippen molar-refractivity contribution in [3.63, 3.8) is 0 Å². The van der Waals surface area contributed by atoms with Crippen LogP contribution in [-0.4, -0.2) is 89.3 Å². The Labute approximate surface area is 405 Å². The maximum absolute atomic E-state index is 14.0. The second-order valence-electron chi connectivity index (χ2n) is 16.4. The van der Waals surface area contributed by atoms with E-state index >= 15 is 0 Å². The van der Waals surface area contributed by atoms with Crippen molar-refractivity contribution in [3.05, 3.63) is 130 Å². The number of anilines is 4. The van der Waals surface area contributed by atoms with E-state index in [1.807, 2.05) is 9.80 Å². The van der Waals surface area contributed by atoms with Gasteiger partial charge in [-0.15, -0.1) is 22.7 Å². The molecule has 14 nitrogen and oxygen atoms in total. The van der Waals surface area contributed by atoms with E-state index in [0.717, 1.165) is 49.8 Å². The van der Waals surface area contributed by atoms with Crippen molar-refractivity contribution in [2.75, 3.05) is 60.6 Å². The largest absolute Gasteiger partial charge is 0.462 e. The number of likely N-dealkylation sites (tertiary alicyclic amines) is 2. The van der Waals surface area contributed by atoms with Crippen LogP contribution in [0.5, 0.6) is 0 Å². The second kappa shape index (κ2) is 22.3. The standard InChI is InChI=1S/C48H44F6N8O6S2/c1-2-67-46(64)45(62-19-15-29(16-20-62)44-56-24-38(70-44)26-3-7-31(8-4-26)57-47(65)59-36-12-11-33(50)40(53)41(36)54)68-39(63)25-61-17-13-28(14-18-61)43-55-23-37(69-43)27-5-9-32(10-6-27)58-48(66)60-42-34(51)21-30(49)22-35(42)52/h3-12,21-24,28-29,45H,2,13-20,25H2,1H3,(H2,57,59,65)(H2,58,60,66). The highest BCUT2D eigenvalue weighted by molar-refractivity contribution is 7.15. The number of amides is 4. The third-order valence-corrected chi connectivity index (χ3v) is 14.1. The van der Waals surface area contributed by atoms with Crippen molar-refractivity contribution < 1.29 is 55.0 Å². The number of ether oxygens (including phenoxy) is 2. The number of nitrogens with one attached hydrogen (secondary N) is 4. The molecule has 6 aromatic rings. The van der Waals surface area contributed by atoms with E-state index in [-0.39, 0.29) is 25.0 Å². The normalized spacial score (nSPS) is 15.2. The van der Waals surface area contributed by atoms with Crippen LogP contribution in [0.1, 0.15) is 54.5 Å². The Kier molecular flexibility index (Phi) is 15.7. The van der Waals surface area contributed by atoms with Crippen molar-refractivity contribution in [2.24, 2.45) is 0 Å². The number of rotatable bonds is 14. The first-order valence-corrected chi connectivity index (χ1v) is 23.7. The van der Waals surface area contributed by atoms with Crippen molar-refractivity contribution >= 4 is 69.4 Å². The predicted octanol–water partition coefficient (Wildman–Crippen LogP) is 10.5. The Morgan fingerprint density at radius 1 is 0.657 bits per heavy atom. The number of esters is 2. The molecule has 366 valence electrons. The highest BCUT2D eigenvalue weighted by atomic mass is 32.1. The minimum Gasteiger partial charge on any atom is -0.462 e. The summed E-state index contributed by atoms with van der Waals surface area (Å²) in [6.45, 7) is 3.93. The lowest BCUT2D eigenvalue weighted by Gasteiger charge is -2.35. The van der Waals surface area contributed by atoms with Crippen LogP contribution >= 0.6 is 22.7 Å². The van der Waals surface area contributed by atoms with E-state index in [1.54, 1.807) is 67.8 Å². The molecule has 2 aromatic heterocycles. The quantitative estimate of drug-likeness (QED) is 0.0468. The zero-order chi connectivity index (χ0) is 49.5. The molecule has 4 N–H and O–H groups in total. The SMILES string of the molecule is CCOC(=O)C(OC(=O)CN1CCC(c2ncc(-c3ccc(NC(=O)Nc4c(F)cc(F)cc4F)cc3)s2)CC1)N1CCC(c2ncc(-c3ccc(NC(=O)Nc4ccc(F)c(F)c4F)cc3)s2)CC1. The fourth-order valence-corrected chi connectivity index (χ4v) is 10.2. The Bertz CT molecular complexity index is 2830. The number of thiazole rings is 2. The molecular formula is C48H44F6N8O6S2. The third kappa shape index (κ3) is 12.1. The number of hydrogen-bond acceptors (Lipinski definition) is 12. The average Bonchev–Trinajstić information content (AvgIpc) is 4.05. The van der Waals surface area contributed by atoms with Gasteiger partial charge in [0.1, 0.15) is 11.5 Å². The first kappa shape index (κ1) is 49.5. The lowest BCUT2D eigenvalue weighted by Crippen LogP contribution is -2.49. The second-order valence-corrected chi connectivity index (χ2v) is 18.5. The highest BCUT2D eigenvalue weighted by Gasteiger charge is 2.36. The van der Waals surface area contributed by atoms with Gasteiger partial charge in [0.25, 0.3) is 6.23 Å². The van der Waals surface area contributed by atoms with Gasteiger partial charge >= 0.3 is 24.0 Å². The fourth-order valence-electron chi connectivity index (χ4n) is 8.05. The summed E-state index contributed by atoms with van der Waals surface area (Å²) in [6, 6.07) is 14.5. The summed E-state index contributed by atoms with van der Waals surface area (Å²) in [5, 5.41) is 11.1. The molecule has 1 atom stereocenters. The third-order valence-electron chi connectivity index (χ3n) is 11.7. The molecule has 70 heavy (non-hydrogen) atoms. The summed E-state index contributed by atoms with van der Waals surface area (Å²) in [5.41, 5.74) is 1.14. The fraction of sp³-hybridized carbons (Fsp3) is 0.292. The summed E-state index contributed by atoms with van der Waals surface area (Å²) in [5.74, 6) is -9.08. The number of nitrogens with zero attached hydrogens (tertiary/aromatic N) is 4. The van der Waals surface area contributed by atoms with E-state index in [4.69, 9.17) is 9.47 Å². The molecule has 0 spiro atoms. The van der Waals surface area contributed by atoms with Gasteiger partial charge < -0.3 is 30.7 Å². The number of halogens is 6. The summed E-state index contributed by atoms with van der Waals surface area (Å²) in [4.78, 5) is 66.2. The van der Waals surface area contributed by atoms with Crippen LogP contribution in [0.4, 0.5) is 58.7 Å². The Morgan fingerprint density at radius 2 is 1.17 bits per heavy atom. The molecule has 0 saturated carbocycles. The molecule has 4 aromatic carbocycles. The number of aromatic nitrogens is 2. The Morgan fingerprint density at radius 3 is 1.70 bits per heavy atom. The number of benzene rings is 4. The maximum atomic E-state index is 14.0. The lowest BCUT2D eigenvalue weighted by molar-refractivity contribution is -0.183. The zero-order valence-electron chi connectivity index (χ0n) is 37.2. The maximum Gasteiger partial charge on any atom is 0.363 e. The van der Waals surface area contributed by atoms with E-state index in [9.17, 15) is 45.5 Å². The molecule has 2 aliphatic heterocycles. The number of hydrogen-bond donors (Lipinski definition) is 4. The molecule has 4 heterocycles. The van der Waals surface area contributed by atoms with Gasteiger partial charge in [-0.2, -0.15) is 0 Å². The van der Waals surface area contributed by atoms with E-state index < -0.39 is 76.5 Å². The van der Waals surface area contributed by atoms with Crippen LogP contribution in [-0.2, 0) is 19.1 Å². The molecule has 0 bridgehead atoms. The highest BCUT2D eigenvalue weighted by Crippen LogP contribution is 2.38. The summed E-state index contributed by atoms with van der Waals surface area (Å²) >= 11 is 3.05. The number of piperidine rings is 2. The van der Waals surface area contributed by atoms with Crippen molar-refractivity contribution in [2.45, 2.75) is 50.7 Å². The minimum absolute atomic E-state index is 0.00225. The monoisotopic (exact) mass is 1010 g/mol. The van der Waals surface area contributed by atoms with Gasteiger partial charge in [-0.3, -0.25) is 14.6 Å². The van der Waals surface area contributed by atoms with Crippen LogP contribution in [0.2, 0.25) is 0 Å². The average molecular weight is 1010 g/mol. The number of carbonyl (C=O) groups is 4. The minimum atomic E-state index is -1.69. The topological polar surface area (TPSA) is 167 Å². The van der Waals surface area contributed by atoms with Crippen LogP contribution in [0.3, 0.4) is 0 Å². The Hall–Kier alpha value is -6.88. The smallest absolute Gasteiger partial charge is 0.363 e. The van der Waals surface area contributed by atoms with Gasteiger partial charge in [0, 0.05) is 60.8 Å². The van der Waals surface area contributed by atoms with Crippen molar-refractivity contribution in [3.8, 4) is 20.9 Å². The molecule has 0 radical (unpaired) electrons. The van der Waals surface area contributed by atoms with Crippen molar-refractivity contribution in [1.29, 1.82) is 0 Å². The molecule has 1 unspecified atom stereocenters. The first-order chi connectivity index (χ1) is 33.7. The lowest BCUT2D eigenvalue weighted by atomic mass is 9.97. The number of urea groups is 2. The van der Waals surface area contributed by atoms with E-state index in [2.05, 4.69) is 31.2 Å². The molecule has 2 aliphatic rings. The van der Waals surface area contributed by atoms with Crippen LogP contribution in [0.15, 0.2) is 85.2 Å². The molecule has 22 heteroatoms. The van der Waals surface area contributed by atoms with Gasteiger partial charge in [-0.25, -0.2) is 50.7 Å². The van der Waals surface area contributed by atoms with Crippen molar-refractivity contribution in [1.82, 2.24) is 19.8 Å². The zero-order valence-corrected chi connectivity index (χ0v) is 38.8. The van der Waals surface area contributed by atoms with Gasteiger partial charge in [0.05, 0.1) is 38.6 Å². The summed E-state index contributed by atoms with van der Waals surface area (Å²) in [6.07, 6.45) is 5.12. The van der Waals surface area contributed by atoms with Crippen LogP contribution in [0, 0.1) is 34.9 Å². The molecule has 2 fully saturated rings. The molecule has 0 aliphatic carbocycles.